The molecule has 0 saturated heterocycles. The number of hydrogen-bond acceptors (Lipinski definition) is 3. The zero-order chi connectivity index (χ0) is 12.0. The Kier molecular flexibility index (Phi) is 5.24. The fraction of sp³-hybridized carbons (Fsp3) is 0.923. The number of nitriles is 1. The van der Waals surface area contributed by atoms with Crippen molar-refractivity contribution < 1.29 is 0 Å². The molecule has 92 valence electrons. The minimum atomic E-state index is -0.331. The fourth-order valence-corrected chi connectivity index (χ4v) is 1.96. The van der Waals surface area contributed by atoms with Crippen molar-refractivity contribution in [3.8, 4) is 6.07 Å². The summed E-state index contributed by atoms with van der Waals surface area (Å²) in [6.07, 6.45) is 4.59. The van der Waals surface area contributed by atoms with Crippen molar-refractivity contribution in [2.45, 2.75) is 58.0 Å². The molecule has 0 spiro atoms. The Morgan fingerprint density at radius 3 is 2.50 bits per heavy atom. The highest BCUT2D eigenvalue weighted by atomic mass is 15.1. The van der Waals surface area contributed by atoms with E-state index in [0.717, 1.165) is 26.1 Å². The topological polar surface area (TPSA) is 39.1 Å². The first-order chi connectivity index (χ1) is 7.63. The molecule has 1 aliphatic rings. The maximum atomic E-state index is 9.25. The highest BCUT2D eigenvalue weighted by Crippen LogP contribution is 2.23. The van der Waals surface area contributed by atoms with Crippen LogP contribution in [0.3, 0.4) is 0 Å². The van der Waals surface area contributed by atoms with Gasteiger partial charge in [-0.2, -0.15) is 5.26 Å². The standard InChI is InChI=1S/C13H25N3/c1-4-9-16(5-2)10-8-13(3,11-14)15-12-6-7-12/h12,15H,4-10H2,1-3H3. The Morgan fingerprint density at radius 1 is 1.38 bits per heavy atom. The van der Waals surface area contributed by atoms with E-state index in [1.54, 1.807) is 0 Å². The molecule has 1 atom stereocenters. The molecule has 0 bridgehead atoms. The van der Waals surface area contributed by atoms with Crippen LogP contribution in [0.4, 0.5) is 0 Å². The lowest BCUT2D eigenvalue weighted by Gasteiger charge is -2.27. The Balaban J connectivity index is 2.33. The van der Waals surface area contributed by atoms with Crippen molar-refractivity contribution in [1.82, 2.24) is 10.2 Å². The van der Waals surface area contributed by atoms with Crippen LogP contribution in [0.2, 0.25) is 0 Å². The third kappa shape index (κ3) is 4.51. The molecule has 0 amide bonds. The van der Waals surface area contributed by atoms with Crippen molar-refractivity contribution >= 4 is 0 Å². The molecule has 1 saturated carbocycles. The van der Waals surface area contributed by atoms with E-state index in [9.17, 15) is 5.26 Å². The van der Waals surface area contributed by atoms with Gasteiger partial charge in [0.15, 0.2) is 0 Å². The Morgan fingerprint density at radius 2 is 2.06 bits per heavy atom. The molecule has 0 heterocycles. The Bertz CT molecular complexity index is 242. The molecule has 0 aromatic rings. The van der Waals surface area contributed by atoms with Gasteiger partial charge in [0, 0.05) is 12.6 Å². The quantitative estimate of drug-likeness (QED) is 0.685. The van der Waals surface area contributed by atoms with Gasteiger partial charge >= 0.3 is 0 Å². The van der Waals surface area contributed by atoms with E-state index in [0.29, 0.717) is 6.04 Å². The summed E-state index contributed by atoms with van der Waals surface area (Å²) in [5.41, 5.74) is -0.331. The maximum absolute atomic E-state index is 9.25. The molecule has 1 rings (SSSR count). The van der Waals surface area contributed by atoms with Crippen molar-refractivity contribution in [2.24, 2.45) is 0 Å². The zero-order valence-corrected chi connectivity index (χ0v) is 10.9. The molecule has 3 nitrogen and oxygen atoms in total. The Hall–Kier alpha value is -0.590. The summed E-state index contributed by atoms with van der Waals surface area (Å²) < 4.78 is 0. The van der Waals surface area contributed by atoms with E-state index < -0.39 is 0 Å². The van der Waals surface area contributed by atoms with E-state index in [2.05, 4.69) is 30.1 Å². The third-order valence-corrected chi connectivity index (χ3v) is 3.26. The molecular weight excluding hydrogens is 198 g/mol. The molecule has 16 heavy (non-hydrogen) atoms. The first kappa shape index (κ1) is 13.5. The predicted octanol–water partition coefficient (Wildman–Crippen LogP) is 2.14. The lowest BCUT2D eigenvalue weighted by Crippen LogP contribution is -2.45. The van der Waals surface area contributed by atoms with Crippen molar-refractivity contribution in [3.05, 3.63) is 0 Å². The van der Waals surface area contributed by atoms with E-state index in [4.69, 9.17) is 0 Å². The average Bonchev–Trinajstić information content (AvgIpc) is 3.08. The SMILES string of the molecule is CCCN(CC)CCC(C)(C#N)NC1CC1. The molecule has 3 heteroatoms. The van der Waals surface area contributed by atoms with E-state index >= 15 is 0 Å². The minimum Gasteiger partial charge on any atom is -0.304 e. The van der Waals surface area contributed by atoms with Crippen molar-refractivity contribution in [1.29, 1.82) is 5.26 Å². The largest absolute Gasteiger partial charge is 0.304 e. The molecule has 1 unspecified atom stereocenters. The summed E-state index contributed by atoms with van der Waals surface area (Å²) >= 11 is 0. The highest BCUT2D eigenvalue weighted by Gasteiger charge is 2.32. The summed E-state index contributed by atoms with van der Waals surface area (Å²) in [5, 5.41) is 12.7. The second-order valence-corrected chi connectivity index (χ2v) is 5.05. The second kappa shape index (κ2) is 6.22. The van der Waals surface area contributed by atoms with Gasteiger partial charge in [0.05, 0.1) is 6.07 Å². The normalized spacial score (nSPS) is 19.4. The van der Waals surface area contributed by atoms with Crippen LogP contribution in [0.5, 0.6) is 0 Å². The van der Waals surface area contributed by atoms with E-state index in [1.165, 1.54) is 19.3 Å². The molecule has 0 aromatic carbocycles. The first-order valence-corrected chi connectivity index (χ1v) is 6.55. The number of hydrogen-bond donors (Lipinski definition) is 1. The predicted molar refractivity (Wildman–Crippen MR) is 67.2 cm³/mol. The summed E-state index contributed by atoms with van der Waals surface area (Å²) in [6.45, 7) is 9.67. The lowest BCUT2D eigenvalue weighted by molar-refractivity contribution is 0.255. The van der Waals surface area contributed by atoms with Crippen LogP contribution in [-0.4, -0.2) is 36.1 Å². The van der Waals surface area contributed by atoms with Gasteiger partial charge in [0.25, 0.3) is 0 Å². The van der Waals surface area contributed by atoms with Crippen LogP contribution in [0, 0.1) is 11.3 Å². The number of nitrogens with one attached hydrogen (secondary N) is 1. The molecular formula is C13H25N3. The van der Waals surface area contributed by atoms with Gasteiger partial charge in [0.1, 0.15) is 5.54 Å². The van der Waals surface area contributed by atoms with Gasteiger partial charge in [0.2, 0.25) is 0 Å². The van der Waals surface area contributed by atoms with E-state index in [1.807, 2.05) is 6.92 Å². The van der Waals surface area contributed by atoms with Crippen LogP contribution in [-0.2, 0) is 0 Å². The van der Waals surface area contributed by atoms with Gasteiger partial charge < -0.3 is 4.90 Å². The van der Waals surface area contributed by atoms with Gasteiger partial charge in [-0.05, 0) is 45.7 Å². The Labute approximate surface area is 99.8 Å². The molecule has 1 fully saturated rings. The smallest absolute Gasteiger partial charge is 0.105 e. The van der Waals surface area contributed by atoms with Crippen LogP contribution < -0.4 is 5.32 Å². The van der Waals surface area contributed by atoms with Crippen molar-refractivity contribution in [2.75, 3.05) is 19.6 Å². The molecule has 1 aliphatic carbocycles. The first-order valence-electron chi connectivity index (χ1n) is 6.55. The van der Waals surface area contributed by atoms with Gasteiger partial charge in [-0.25, -0.2) is 0 Å². The van der Waals surface area contributed by atoms with Gasteiger partial charge in [-0.1, -0.05) is 13.8 Å². The lowest BCUT2D eigenvalue weighted by atomic mass is 9.99. The summed E-state index contributed by atoms with van der Waals surface area (Å²) in [7, 11) is 0. The summed E-state index contributed by atoms with van der Waals surface area (Å²) in [6, 6.07) is 3.04. The molecule has 1 N–H and O–H groups in total. The van der Waals surface area contributed by atoms with Gasteiger partial charge in [-0.15, -0.1) is 0 Å². The molecule has 0 aliphatic heterocycles. The second-order valence-electron chi connectivity index (χ2n) is 5.05. The van der Waals surface area contributed by atoms with Crippen LogP contribution in [0.25, 0.3) is 0 Å². The van der Waals surface area contributed by atoms with Crippen LogP contribution in [0.1, 0.15) is 46.5 Å². The summed E-state index contributed by atoms with van der Waals surface area (Å²) in [5.74, 6) is 0. The van der Waals surface area contributed by atoms with E-state index in [-0.39, 0.29) is 5.54 Å². The van der Waals surface area contributed by atoms with Crippen LogP contribution in [0.15, 0.2) is 0 Å². The number of rotatable bonds is 8. The van der Waals surface area contributed by atoms with Crippen LogP contribution >= 0.6 is 0 Å². The fourth-order valence-electron chi connectivity index (χ4n) is 1.96. The summed E-state index contributed by atoms with van der Waals surface area (Å²) in [4.78, 5) is 2.42. The number of nitrogens with zero attached hydrogens (tertiary/aromatic N) is 2. The highest BCUT2D eigenvalue weighted by molar-refractivity contribution is 5.07. The third-order valence-electron chi connectivity index (χ3n) is 3.26. The average molecular weight is 223 g/mol. The monoisotopic (exact) mass is 223 g/mol. The minimum absolute atomic E-state index is 0.331. The zero-order valence-electron chi connectivity index (χ0n) is 10.9. The van der Waals surface area contributed by atoms with Gasteiger partial charge in [-0.3, -0.25) is 5.32 Å². The molecule has 0 aromatic heterocycles. The molecule has 0 radical (unpaired) electrons. The van der Waals surface area contributed by atoms with Crippen molar-refractivity contribution in [3.63, 3.8) is 0 Å². The maximum Gasteiger partial charge on any atom is 0.105 e.